The molecule has 3 N–H and O–H groups in total. The normalized spacial score (nSPS) is 33.3. The topological polar surface area (TPSA) is 95.7 Å². The second-order valence-corrected chi connectivity index (χ2v) is 7.22. The van der Waals surface area contributed by atoms with E-state index in [1.54, 1.807) is 0 Å². The van der Waals surface area contributed by atoms with E-state index in [0.29, 0.717) is 32.6 Å². The van der Waals surface area contributed by atoms with Gasteiger partial charge in [0, 0.05) is 19.0 Å². The van der Waals surface area contributed by atoms with E-state index in [2.05, 4.69) is 17.1 Å². The minimum Gasteiger partial charge on any atom is -0.369 e. The monoisotopic (exact) mass is 322 g/mol. The van der Waals surface area contributed by atoms with Crippen LogP contribution in [0.15, 0.2) is 0 Å². The van der Waals surface area contributed by atoms with Gasteiger partial charge < -0.3 is 11.1 Å². The lowest BCUT2D eigenvalue weighted by atomic mass is 9.73. The van der Waals surface area contributed by atoms with E-state index < -0.39 is 5.54 Å². The number of piperidine rings is 1. The van der Waals surface area contributed by atoms with Gasteiger partial charge >= 0.3 is 6.03 Å². The predicted molar refractivity (Wildman–Crippen MR) is 84.1 cm³/mol. The van der Waals surface area contributed by atoms with Crippen molar-refractivity contribution < 1.29 is 14.4 Å². The van der Waals surface area contributed by atoms with Crippen molar-refractivity contribution in [2.45, 2.75) is 51.0 Å². The molecule has 2 aliphatic heterocycles. The van der Waals surface area contributed by atoms with Crippen molar-refractivity contribution >= 4 is 17.8 Å². The summed E-state index contributed by atoms with van der Waals surface area (Å²) in [5, 5.41) is 2.97. The molecule has 3 fully saturated rings. The number of hydrogen-bond donors (Lipinski definition) is 2. The fourth-order valence-electron chi connectivity index (χ4n) is 4.18. The van der Waals surface area contributed by atoms with Crippen LogP contribution in [0.25, 0.3) is 0 Å². The van der Waals surface area contributed by atoms with E-state index in [1.165, 1.54) is 4.90 Å². The van der Waals surface area contributed by atoms with Crippen LogP contribution in [-0.4, -0.2) is 52.9 Å². The summed E-state index contributed by atoms with van der Waals surface area (Å²) >= 11 is 0. The van der Waals surface area contributed by atoms with Gasteiger partial charge in [-0.3, -0.25) is 14.5 Å². The molecule has 3 aliphatic rings. The number of carbonyl (C=O) groups is 3. The van der Waals surface area contributed by atoms with Gasteiger partial charge in [0.25, 0.3) is 5.91 Å². The van der Waals surface area contributed by atoms with Crippen LogP contribution in [0.4, 0.5) is 4.79 Å². The van der Waals surface area contributed by atoms with Crippen LogP contribution in [0, 0.1) is 11.8 Å². The molecule has 0 radical (unpaired) electrons. The maximum atomic E-state index is 12.9. The number of primary amides is 1. The highest BCUT2D eigenvalue weighted by Gasteiger charge is 2.55. The highest BCUT2D eigenvalue weighted by atomic mass is 16.2. The summed E-state index contributed by atoms with van der Waals surface area (Å²) in [5.41, 5.74) is 4.65. The van der Waals surface area contributed by atoms with E-state index in [0.717, 1.165) is 25.7 Å². The molecule has 0 bridgehead atoms. The van der Waals surface area contributed by atoms with E-state index in [-0.39, 0.29) is 29.7 Å². The molecule has 2 saturated heterocycles. The Morgan fingerprint density at radius 2 is 1.96 bits per heavy atom. The van der Waals surface area contributed by atoms with Crippen molar-refractivity contribution in [3.8, 4) is 0 Å². The van der Waals surface area contributed by atoms with Crippen molar-refractivity contribution in [1.29, 1.82) is 0 Å². The molecular formula is C16H26N4O3. The van der Waals surface area contributed by atoms with Gasteiger partial charge in [0.05, 0.1) is 6.67 Å². The number of carbonyl (C=O) groups excluding carboxylic acids is 3. The third-order valence-electron chi connectivity index (χ3n) is 5.83. The molecule has 1 saturated carbocycles. The van der Waals surface area contributed by atoms with Gasteiger partial charge in [-0.05, 0) is 31.6 Å². The summed E-state index contributed by atoms with van der Waals surface area (Å²) < 4.78 is 0. The summed E-state index contributed by atoms with van der Waals surface area (Å²) in [5.74, 6) is -0.237. The van der Waals surface area contributed by atoms with E-state index in [4.69, 9.17) is 5.73 Å². The van der Waals surface area contributed by atoms with Crippen LogP contribution in [0.1, 0.15) is 45.4 Å². The Bertz CT molecular complexity index is 515. The molecule has 0 unspecified atom stereocenters. The Balaban J connectivity index is 1.64. The van der Waals surface area contributed by atoms with Crippen molar-refractivity contribution in [3.63, 3.8) is 0 Å². The summed E-state index contributed by atoms with van der Waals surface area (Å²) in [4.78, 5) is 39.9. The fraction of sp³-hybridized carbons (Fsp3) is 0.812. The first kappa shape index (κ1) is 16.2. The van der Waals surface area contributed by atoms with Gasteiger partial charge in [-0.15, -0.1) is 0 Å². The number of likely N-dealkylation sites (tertiary alicyclic amines) is 1. The molecule has 0 aromatic heterocycles. The largest absolute Gasteiger partial charge is 0.369 e. The molecule has 0 aromatic rings. The van der Waals surface area contributed by atoms with Crippen LogP contribution in [0.3, 0.4) is 0 Å². The Hall–Kier alpha value is -1.63. The average molecular weight is 322 g/mol. The Labute approximate surface area is 136 Å². The third-order valence-corrected chi connectivity index (χ3v) is 5.83. The number of urea groups is 1. The zero-order chi connectivity index (χ0) is 16.6. The number of nitrogens with two attached hydrogens (primary N) is 1. The third kappa shape index (κ3) is 2.82. The number of hydrogen-bond acceptors (Lipinski definition) is 4. The maximum Gasteiger partial charge on any atom is 0.326 e. The highest BCUT2D eigenvalue weighted by molar-refractivity contribution is 6.07. The fourth-order valence-corrected chi connectivity index (χ4v) is 4.18. The first-order valence-corrected chi connectivity index (χ1v) is 8.60. The minimum atomic E-state index is -0.694. The quantitative estimate of drug-likeness (QED) is 0.745. The lowest BCUT2D eigenvalue weighted by Gasteiger charge is -2.37. The van der Waals surface area contributed by atoms with Gasteiger partial charge in [0.15, 0.2) is 0 Å². The smallest absolute Gasteiger partial charge is 0.326 e. The second-order valence-electron chi connectivity index (χ2n) is 7.22. The molecule has 1 spiro atoms. The molecule has 0 aromatic carbocycles. The Morgan fingerprint density at radius 1 is 1.26 bits per heavy atom. The molecule has 23 heavy (non-hydrogen) atoms. The second kappa shape index (κ2) is 6.11. The number of amides is 4. The molecule has 1 aliphatic carbocycles. The standard InChI is InChI=1S/C16H26N4O3/c1-11-4-2-3-7-16(11)14(22)20(15(23)18-16)10-19-8-5-12(6-9-19)13(17)21/h11-12H,2-10H2,1H3,(H2,17,21)(H,18,23)/t11-,16+/m0/s1. The van der Waals surface area contributed by atoms with E-state index in [1.807, 2.05) is 0 Å². The number of imide groups is 1. The van der Waals surface area contributed by atoms with Gasteiger partial charge in [0.1, 0.15) is 5.54 Å². The molecule has 3 rings (SSSR count). The molecule has 7 nitrogen and oxygen atoms in total. The summed E-state index contributed by atoms with van der Waals surface area (Å²) in [6.07, 6.45) is 5.20. The minimum absolute atomic E-state index is 0.0771. The van der Waals surface area contributed by atoms with Crippen LogP contribution < -0.4 is 11.1 Å². The SMILES string of the molecule is C[C@H]1CCCC[C@@]12NC(=O)N(CN1CCC(C(N)=O)CC1)C2=O. The molecule has 2 heterocycles. The maximum absolute atomic E-state index is 12.9. The van der Waals surface area contributed by atoms with E-state index in [9.17, 15) is 14.4 Å². The lowest BCUT2D eigenvalue weighted by molar-refractivity contribution is -0.136. The number of nitrogens with one attached hydrogen (secondary N) is 1. The highest BCUT2D eigenvalue weighted by Crippen LogP contribution is 2.38. The molecular weight excluding hydrogens is 296 g/mol. The average Bonchev–Trinajstić information content (AvgIpc) is 2.76. The van der Waals surface area contributed by atoms with Crippen molar-refractivity contribution in [2.24, 2.45) is 17.6 Å². The molecule has 7 heteroatoms. The number of nitrogens with zero attached hydrogens (tertiary/aromatic N) is 2. The predicted octanol–water partition coefficient (Wildman–Crippen LogP) is 0.642. The first-order chi connectivity index (χ1) is 10.9. The summed E-state index contributed by atoms with van der Waals surface area (Å²) in [7, 11) is 0. The van der Waals surface area contributed by atoms with Gasteiger partial charge in [0.2, 0.25) is 5.91 Å². The van der Waals surface area contributed by atoms with Gasteiger partial charge in [-0.2, -0.15) is 0 Å². The lowest BCUT2D eigenvalue weighted by Crippen LogP contribution is -2.54. The van der Waals surface area contributed by atoms with Crippen LogP contribution >= 0.6 is 0 Å². The Kier molecular flexibility index (Phi) is 4.31. The number of rotatable bonds is 3. The van der Waals surface area contributed by atoms with Crippen molar-refractivity contribution in [1.82, 2.24) is 15.1 Å². The first-order valence-electron chi connectivity index (χ1n) is 8.60. The van der Waals surface area contributed by atoms with Crippen molar-refractivity contribution in [2.75, 3.05) is 19.8 Å². The molecule has 128 valence electrons. The Morgan fingerprint density at radius 3 is 2.57 bits per heavy atom. The van der Waals surface area contributed by atoms with Gasteiger partial charge in [-0.25, -0.2) is 9.69 Å². The molecule has 2 atom stereocenters. The van der Waals surface area contributed by atoms with Crippen molar-refractivity contribution in [3.05, 3.63) is 0 Å². The van der Waals surface area contributed by atoms with Gasteiger partial charge in [-0.1, -0.05) is 19.8 Å². The van der Waals surface area contributed by atoms with E-state index >= 15 is 0 Å². The zero-order valence-corrected chi connectivity index (χ0v) is 13.7. The summed E-state index contributed by atoms with van der Waals surface area (Å²) in [6.45, 7) is 3.74. The summed E-state index contributed by atoms with van der Waals surface area (Å²) in [6, 6.07) is -0.277. The van der Waals surface area contributed by atoms with Crippen LogP contribution in [0.2, 0.25) is 0 Å². The zero-order valence-electron chi connectivity index (χ0n) is 13.7. The van der Waals surface area contributed by atoms with Crippen LogP contribution in [-0.2, 0) is 9.59 Å². The van der Waals surface area contributed by atoms with Crippen LogP contribution in [0.5, 0.6) is 0 Å². The molecule has 4 amide bonds.